The maximum Gasteiger partial charge on any atom is 0.259 e. The summed E-state index contributed by atoms with van der Waals surface area (Å²) >= 11 is 1.61. The van der Waals surface area contributed by atoms with Gasteiger partial charge in [-0.2, -0.15) is 0 Å². The van der Waals surface area contributed by atoms with Gasteiger partial charge in [0.1, 0.15) is 0 Å². The van der Waals surface area contributed by atoms with Gasteiger partial charge in [-0.3, -0.25) is 4.79 Å². The molecule has 5 heteroatoms. The second-order valence-corrected chi connectivity index (χ2v) is 4.74. The number of aromatic hydroxyl groups is 2. The molecule has 0 unspecified atom stereocenters. The van der Waals surface area contributed by atoms with E-state index in [0.29, 0.717) is 5.69 Å². The van der Waals surface area contributed by atoms with Crippen LogP contribution in [0.1, 0.15) is 10.4 Å². The topological polar surface area (TPSA) is 69.6 Å². The lowest BCUT2D eigenvalue weighted by atomic mass is 10.1. The van der Waals surface area contributed by atoms with E-state index in [4.69, 9.17) is 0 Å². The van der Waals surface area contributed by atoms with Gasteiger partial charge in [0.2, 0.25) is 0 Å². The Morgan fingerprint density at radius 2 is 1.79 bits per heavy atom. The molecule has 0 spiro atoms. The summed E-state index contributed by atoms with van der Waals surface area (Å²) in [7, 11) is 0. The van der Waals surface area contributed by atoms with Gasteiger partial charge in [-0.05, 0) is 42.7 Å². The van der Waals surface area contributed by atoms with Gasteiger partial charge in [0.25, 0.3) is 5.91 Å². The van der Waals surface area contributed by atoms with E-state index in [-0.39, 0.29) is 11.3 Å². The van der Waals surface area contributed by atoms with Crippen molar-refractivity contribution in [2.24, 2.45) is 0 Å². The molecule has 2 rings (SSSR count). The van der Waals surface area contributed by atoms with E-state index in [1.807, 2.05) is 18.4 Å². The maximum absolute atomic E-state index is 12.0. The van der Waals surface area contributed by atoms with Gasteiger partial charge < -0.3 is 15.5 Å². The number of nitrogens with one attached hydrogen (secondary N) is 1. The Morgan fingerprint density at radius 1 is 1.11 bits per heavy atom. The van der Waals surface area contributed by atoms with Gasteiger partial charge >= 0.3 is 0 Å². The van der Waals surface area contributed by atoms with Crippen LogP contribution in [0.2, 0.25) is 0 Å². The Kier molecular flexibility index (Phi) is 3.97. The largest absolute Gasteiger partial charge is 0.504 e. The van der Waals surface area contributed by atoms with Gasteiger partial charge in [-0.25, -0.2) is 0 Å². The lowest BCUT2D eigenvalue weighted by Gasteiger charge is -2.08. The van der Waals surface area contributed by atoms with Crippen LogP contribution in [0.5, 0.6) is 11.5 Å². The van der Waals surface area contributed by atoms with Crippen molar-refractivity contribution in [2.75, 3.05) is 11.6 Å². The molecule has 0 radical (unpaired) electrons. The molecule has 0 heterocycles. The third-order valence-corrected chi connectivity index (χ3v) is 3.35. The van der Waals surface area contributed by atoms with Crippen molar-refractivity contribution < 1.29 is 15.0 Å². The molecule has 98 valence electrons. The zero-order valence-electron chi connectivity index (χ0n) is 10.3. The minimum atomic E-state index is -0.467. The molecular formula is C14H13NO3S. The van der Waals surface area contributed by atoms with Gasteiger partial charge in [0, 0.05) is 10.6 Å². The van der Waals surface area contributed by atoms with E-state index < -0.39 is 11.7 Å². The lowest BCUT2D eigenvalue weighted by molar-refractivity contribution is 0.102. The summed E-state index contributed by atoms with van der Waals surface area (Å²) in [4.78, 5) is 13.0. The minimum Gasteiger partial charge on any atom is -0.504 e. The Balaban J connectivity index is 2.18. The highest BCUT2D eigenvalue weighted by molar-refractivity contribution is 7.98. The number of thioether (sulfide) groups is 1. The van der Waals surface area contributed by atoms with E-state index in [9.17, 15) is 15.0 Å². The number of hydrogen-bond donors (Lipinski definition) is 3. The standard InChI is InChI=1S/C14H13NO3S/c1-19-10-7-5-9(6-8-10)15-14(18)11-3-2-4-12(16)13(11)17/h2-8,16-17H,1H3,(H,15,18). The van der Waals surface area contributed by atoms with Crippen molar-refractivity contribution >= 4 is 23.4 Å². The van der Waals surface area contributed by atoms with Crippen LogP contribution >= 0.6 is 11.8 Å². The Hall–Kier alpha value is -2.14. The summed E-state index contributed by atoms with van der Waals surface area (Å²) in [5.74, 6) is -1.20. The molecule has 1 amide bonds. The van der Waals surface area contributed by atoms with Gasteiger partial charge in [0.15, 0.2) is 11.5 Å². The molecule has 0 aliphatic heterocycles. The molecule has 3 N–H and O–H groups in total. The summed E-state index contributed by atoms with van der Waals surface area (Å²) < 4.78 is 0. The molecule has 0 saturated heterocycles. The molecule has 0 aliphatic carbocycles. The number of anilines is 1. The lowest BCUT2D eigenvalue weighted by Crippen LogP contribution is -2.11. The average Bonchev–Trinajstić information content (AvgIpc) is 2.42. The monoisotopic (exact) mass is 275 g/mol. The second-order valence-electron chi connectivity index (χ2n) is 3.86. The number of phenols is 2. The first kappa shape index (κ1) is 13.3. The number of hydrogen-bond acceptors (Lipinski definition) is 4. The van der Waals surface area contributed by atoms with E-state index in [0.717, 1.165) is 4.90 Å². The summed E-state index contributed by atoms with van der Waals surface area (Å²) in [5.41, 5.74) is 0.666. The highest BCUT2D eigenvalue weighted by atomic mass is 32.2. The van der Waals surface area contributed by atoms with Crippen LogP contribution in [0, 0.1) is 0 Å². The number of carbonyl (C=O) groups excluding carboxylic acids is 1. The molecule has 0 bridgehead atoms. The van der Waals surface area contributed by atoms with E-state index in [1.54, 1.807) is 23.9 Å². The molecule has 0 saturated carbocycles. The van der Waals surface area contributed by atoms with Crippen LogP contribution in [0.25, 0.3) is 0 Å². The number of benzene rings is 2. The summed E-state index contributed by atoms with van der Waals surface area (Å²) in [5, 5.41) is 21.6. The average molecular weight is 275 g/mol. The van der Waals surface area contributed by atoms with E-state index in [1.165, 1.54) is 18.2 Å². The first-order valence-electron chi connectivity index (χ1n) is 5.58. The number of phenolic OH excluding ortho intramolecular Hbond substituents is 2. The van der Waals surface area contributed by atoms with Gasteiger partial charge in [0.05, 0.1) is 5.56 Å². The number of rotatable bonds is 3. The van der Waals surface area contributed by atoms with Crippen LogP contribution in [0.4, 0.5) is 5.69 Å². The molecule has 0 aromatic heterocycles. The molecule has 0 fully saturated rings. The molecule has 19 heavy (non-hydrogen) atoms. The number of para-hydroxylation sites is 1. The molecule has 0 atom stereocenters. The van der Waals surface area contributed by atoms with Crippen molar-refractivity contribution in [1.29, 1.82) is 0 Å². The van der Waals surface area contributed by atoms with E-state index >= 15 is 0 Å². The van der Waals surface area contributed by atoms with Crippen molar-refractivity contribution in [3.05, 3.63) is 48.0 Å². The summed E-state index contributed by atoms with van der Waals surface area (Å²) in [6.45, 7) is 0. The summed E-state index contributed by atoms with van der Waals surface area (Å²) in [6.07, 6.45) is 1.97. The van der Waals surface area contributed by atoms with Crippen molar-refractivity contribution in [2.45, 2.75) is 4.90 Å². The zero-order chi connectivity index (χ0) is 13.8. The minimum absolute atomic E-state index is 0.0361. The Labute approximate surface area is 115 Å². The summed E-state index contributed by atoms with van der Waals surface area (Å²) in [6, 6.07) is 11.6. The smallest absolute Gasteiger partial charge is 0.259 e. The van der Waals surface area contributed by atoms with Crippen LogP contribution in [0.15, 0.2) is 47.4 Å². The van der Waals surface area contributed by atoms with Crippen molar-refractivity contribution in [3.63, 3.8) is 0 Å². The molecule has 2 aromatic carbocycles. The fourth-order valence-electron chi connectivity index (χ4n) is 1.59. The maximum atomic E-state index is 12.0. The molecular weight excluding hydrogens is 262 g/mol. The SMILES string of the molecule is CSc1ccc(NC(=O)c2cccc(O)c2O)cc1. The highest BCUT2D eigenvalue weighted by Gasteiger charge is 2.13. The normalized spacial score (nSPS) is 10.2. The molecule has 4 nitrogen and oxygen atoms in total. The first-order chi connectivity index (χ1) is 9.11. The third kappa shape index (κ3) is 3.00. The van der Waals surface area contributed by atoms with Crippen molar-refractivity contribution in [3.8, 4) is 11.5 Å². The third-order valence-electron chi connectivity index (χ3n) is 2.61. The van der Waals surface area contributed by atoms with Crippen LogP contribution in [0.3, 0.4) is 0 Å². The van der Waals surface area contributed by atoms with Crippen LogP contribution in [-0.4, -0.2) is 22.4 Å². The fraction of sp³-hybridized carbons (Fsp3) is 0.0714. The second kappa shape index (κ2) is 5.67. The van der Waals surface area contributed by atoms with Crippen LogP contribution < -0.4 is 5.32 Å². The van der Waals surface area contributed by atoms with Crippen LogP contribution in [-0.2, 0) is 0 Å². The quantitative estimate of drug-likeness (QED) is 0.595. The number of amides is 1. The first-order valence-corrected chi connectivity index (χ1v) is 6.80. The molecule has 0 aliphatic rings. The predicted octanol–water partition coefficient (Wildman–Crippen LogP) is 3.07. The van der Waals surface area contributed by atoms with Crippen molar-refractivity contribution in [1.82, 2.24) is 0 Å². The number of carbonyl (C=O) groups is 1. The van der Waals surface area contributed by atoms with Gasteiger partial charge in [-0.1, -0.05) is 6.07 Å². The van der Waals surface area contributed by atoms with E-state index in [2.05, 4.69) is 5.32 Å². The Bertz CT molecular complexity index is 596. The predicted molar refractivity (Wildman–Crippen MR) is 75.9 cm³/mol. The fourth-order valence-corrected chi connectivity index (χ4v) is 2.00. The Morgan fingerprint density at radius 3 is 2.42 bits per heavy atom. The molecule has 2 aromatic rings. The van der Waals surface area contributed by atoms with Gasteiger partial charge in [-0.15, -0.1) is 11.8 Å². The zero-order valence-corrected chi connectivity index (χ0v) is 11.1. The highest BCUT2D eigenvalue weighted by Crippen LogP contribution is 2.28.